The first-order chi connectivity index (χ1) is 14.8. The van der Waals surface area contributed by atoms with Crippen molar-refractivity contribution in [1.82, 2.24) is 10.6 Å². The first kappa shape index (κ1) is 22.5. The van der Waals surface area contributed by atoms with Crippen LogP contribution in [-0.4, -0.2) is 24.2 Å². The molecule has 0 unspecified atom stereocenters. The van der Waals surface area contributed by atoms with Gasteiger partial charge in [-0.25, -0.2) is 4.99 Å². The Morgan fingerprint density at radius 3 is 2.48 bits per heavy atom. The summed E-state index contributed by atoms with van der Waals surface area (Å²) in [7, 11) is 0. The van der Waals surface area contributed by atoms with E-state index < -0.39 is 11.8 Å². The maximum atomic E-state index is 12.7. The smallest absolute Gasteiger partial charge is 0.264 e. The summed E-state index contributed by atoms with van der Waals surface area (Å²) in [5.41, 5.74) is 1.55. The number of aliphatic imine (C=N–C) groups is 1. The van der Waals surface area contributed by atoms with Crippen molar-refractivity contribution in [2.24, 2.45) is 10.9 Å². The van der Waals surface area contributed by atoms with Gasteiger partial charge in [-0.1, -0.05) is 61.3 Å². The molecule has 0 aliphatic carbocycles. The second kappa shape index (κ2) is 9.78. The summed E-state index contributed by atoms with van der Waals surface area (Å²) in [6.07, 6.45) is 0.794. The van der Waals surface area contributed by atoms with Gasteiger partial charge in [-0.2, -0.15) is 5.26 Å². The van der Waals surface area contributed by atoms with Crippen molar-refractivity contribution in [2.75, 3.05) is 6.54 Å². The molecule has 1 aliphatic rings. The fourth-order valence-corrected chi connectivity index (χ4v) is 3.53. The lowest BCUT2D eigenvalue weighted by Gasteiger charge is -2.08. The molecule has 0 aromatic heterocycles. The van der Waals surface area contributed by atoms with Gasteiger partial charge < -0.3 is 10.6 Å². The van der Waals surface area contributed by atoms with Crippen LogP contribution < -0.4 is 10.6 Å². The minimum Gasteiger partial charge on any atom is -0.351 e. The van der Waals surface area contributed by atoms with Crippen LogP contribution in [0.5, 0.6) is 0 Å². The van der Waals surface area contributed by atoms with Crippen molar-refractivity contribution in [2.45, 2.75) is 20.3 Å². The number of nitrogens with zero attached hydrogens (tertiary/aromatic N) is 2. The Labute approximate surface area is 190 Å². The maximum absolute atomic E-state index is 12.7. The average Bonchev–Trinajstić information content (AvgIpc) is 3.06. The van der Waals surface area contributed by atoms with E-state index in [1.807, 2.05) is 6.07 Å². The van der Waals surface area contributed by atoms with Crippen molar-refractivity contribution < 1.29 is 9.59 Å². The van der Waals surface area contributed by atoms with Gasteiger partial charge in [-0.15, -0.1) is 0 Å². The molecule has 31 heavy (non-hydrogen) atoms. The largest absolute Gasteiger partial charge is 0.351 e. The Kier molecular flexibility index (Phi) is 7.11. The molecule has 0 saturated heterocycles. The fraction of sp³-hybridized carbons (Fsp3) is 0.217. The average molecular weight is 455 g/mol. The Hall–Kier alpha value is -3.14. The van der Waals surface area contributed by atoms with E-state index >= 15 is 0 Å². The van der Waals surface area contributed by atoms with E-state index in [1.54, 1.807) is 30.3 Å². The molecule has 3 rings (SSSR count). The van der Waals surface area contributed by atoms with Gasteiger partial charge in [0, 0.05) is 22.7 Å². The molecule has 158 valence electrons. The third-order valence-electron chi connectivity index (χ3n) is 4.65. The van der Waals surface area contributed by atoms with Crippen molar-refractivity contribution >= 4 is 46.5 Å². The number of carbonyl (C=O) groups is 2. The van der Waals surface area contributed by atoms with Crippen LogP contribution in [0.3, 0.4) is 0 Å². The van der Waals surface area contributed by atoms with Crippen molar-refractivity contribution in [3.05, 3.63) is 74.8 Å². The van der Waals surface area contributed by atoms with Crippen molar-refractivity contribution in [1.29, 1.82) is 5.26 Å². The quantitative estimate of drug-likeness (QED) is 0.511. The molecule has 8 heteroatoms. The normalized spacial score (nSPS) is 13.9. The summed E-state index contributed by atoms with van der Waals surface area (Å²) in [6.45, 7) is 4.56. The molecule has 0 radical (unpaired) electrons. The van der Waals surface area contributed by atoms with Gasteiger partial charge in [0.15, 0.2) is 0 Å². The van der Waals surface area contributed by atoms with Gasteiger partial charge in [0.05, 0.1) is 16.3 Å². The number of benzene rings is 2. The van der Waals surface area contributed by atoms with Gasteiger partial charge >= 0.3 is 0 Å². The number of carbonyl (C=O) groups excluding carboxylic acids is 2. The lowest BCUT2D eigenvalue weighted by molar-refractivity contribution is -0.117. The van der Waals surface area contributed by atoms with E-state index in [9.17, 15) is 14.9 Å². The van der Waals surface area contributed by atoms with Crippen molar-refractivity contribution in [3.63, 3.8) is 0 Å². The third-order valence-corrected chi connectivity index (χ3v) is 5.20. The van der Waals surface area contributed by atoms with Crippen LogP contribution >= 0.6 is 23.2 Å². The Balaban J connectivity index is 1.94. The number of amides is 2. The zero-order valence-electron chi connectivity index (χ0n) is 17.0. The zero-order chi connectivity index (χ0) is 22.5. The fourth-order valence-electron chi connectivity index (χ4n) is 3.04. The van der Waals surface area contributed by atoms with E-state index in [2.05, 4.69) is 29.5 Å². The predicted octanol–water partition coefficient (Wildman–Crippen LogP) is 4.58. The molecule has 0 bridgehead atoms. The minimum absolute atomic E-state index is 0.106. The Bertz CT molecular complexity index is 1150. The van der Waals surface area contributed by atoms with Gasteiger partial charge in [0.1, 0.15) is 17.5 Å². The molecule has 1 aliphatic heterocycles. The lowest BCUT2D eigenvalue weighted by atomic mass is 10.0. The highest BCUT2D eigenvalue weighted by molar-refractivity contribution is 6.37. The van der Waals surface area contributed by atoms with Crippen LogP contribution in [0.1, 0.15) is 41.8 Å². The summed E-state index contributed by atoms with van der Waals surface area (Å²) in [6, 6.07) is 13.6. The highest BCUT2D eigenvalue weighted by Gasteiger charge is 2.27. The van der Waals surface area contributed by atoms with E-state index in [0.29, 0.717) is 28.6 Å². The highest BCUT2D eigenvalue weighted by Crippen LogP contribution is 2.31. The van der Waals surface area contributed by atoms with Gasteiger partial charge in [-0.3, -0.25) is 9.59 Å². The van der Waals surface area contributed by atoms with E-state index in [-0.39, 0.29) is 27.7 Å². The monoisotopic (exact) mass is 454 g/mol. The third kappa shape index (κ3) is 5.13. The number of halogens is 2. The molecule has 1 heterocycles. The molecule has 6 nitrogen and oxygen atoms in total. The van der Waals surface area contributed by atoms with Crippen LogP contribution in [0.15, 0.2) is 53.0 Å². The summed E-state index contributed by atoms with van der Waals surface area (Å²) in [5, 5.41) is 15.7. The molecule has 0 atom stereocenters. The van der Waals surface area contributed by atoms with Crippen molar-refractivity contribution in [3.8, 4) is 6.07 Å². The molecule has 2 N–H and O–H groups in total. The molecule has 2 amide bonds. The Morgan fingerprint density at radius 1 is 1.13 bits per heavy atom. The van der Waals surface area contributed by atoms with E-state index in [1.165, 1.54) is 12.1 Å². The summed E-state index contributed by atoms with van der Waals surface area (Å²) in [4.78, 5) is 29.8. The molecule has 2 aromatic carbocycles. The van der Waals surface area contributed by atoms with Gasteiger partial charge in [0.2, 0.25) is 0 Å². The summed E-state index contributed by atoms with van der Waals surface area (Å²) in [5.74, 6) is -0.309. The second-order valence-corrected chi connectivity index (χ2v) is 8.20. The molecular formula is C23H20Cl2N4O2. The second-order valence-electron chi connectivity index (χ2n) is 7.36. The van der Waals surface area contributed by atoms with Crippen LogP contribution in [0.25, 0.3) is 5.70 Å². The predicted molar refractivity (Wildman–Crippen MR) is 122 cm³/mol. The number of hydrogen-bond acceptors (Lipinski definition) is 4. The number of nitriles is 1. The number of amidine groups is 1. The first-order valence-corrected chi connectivity index (χ1v) is 10.4. The zero-order valence-corrected chi connectivity index (χ0v) is 18.5. The molecule has 2 aromatic rings. The standard InChI is InChI=1S/C23H20Cl2N4O2/c1-13(2)9-10-27-22(30)18(12-26)20-15-5-3-4-6-16(15)21(28-20)29-23(31)17-8-7-14(24)11-19(17)25/h3-8,11,13H,9-10H2,1-2H3,(H,27,30)(H,28,29,31). The number of nitrogens with one attached hydrogen (secondary N) is 2. The van der Waals surface area contributed by atoms with Crippen LogP contribution in [0, 0.1) is 17.2 Å². The molecule has 0 saturated carbocycles. The maximum Gasteiger partial charge on any atom is 0.264 e. The number of rotatable bonds is 5. The molecule has 0 fully saturated rings. The molecule has 0 spiro atoms. The number of fused-ring (bicyclic) bond motifs is 1. The van der Waals surface area contributed by atoms with E-state index in [4.69, 9.17) is 23.2 Å². The topological polar surface area (TPSA) is 94.3 Å². The minimum atomic E-state index is -0.495. The van der Waals surface area contributed by atoms with Gasteiger partial charge in [0.25, 0.3) is 11.8 Å². The lowest BCUT2D eigenvalue weighted by Crippen LogP contribution is -2.30. The van der Waals surface area contributed by atoms with Gasteiger partial charge in [-0.05, 0) is 30.5 Å². The summed E-state index contributed by atoms with van der Waals surface area (Å²) < 4.78 is 0. The first-order valence-electron chi connectivity index (χ1n) is 9.69. The number of hydrogen-bond donors (Lipinski definition) is 2. The molecular weight excluding hydrogens is 435 g/mol. The highest BCUT2D eigenvalue weighted by atomic mass is 35.5. The van der Waals surface area contributed by atoms with Crippen LogP contribution in [0.2, 0.25) is 10.0 Å². The van der Waals surface area contributed by atoms with Crippen LogP contribution in [-0.2, 0) is 4.79 Å². The summed E-state index contributed by atoms with van der Waals surface area (Å²) >= 11 is 12.0. The Morgan fingerprint density at radius 2 is 1.84 bits per heavy atom. The van der Waals surface area contributed by atoms with E-state index in [0.717, 1.165) is 6.42 Å². The SMILES string of the molecule is CC(C)CCNC(=O)C(C#N)=C1N=C(NC(=O)c2ccc(Cl)cc2Cl)c2ccccc21. The van der Waals surface area contributed by atoms with Crippen LogP contribution in [0.4, 0.5) is 0 Å².